The predicted molar refractivity (Wildman–Crippen MR) is 79.3 cm³/mol. The monoisotopic (exact) mass is 291 g/mol. The summed E-state index contributed by atoms with van der Waals surface area (Å²) in [6.07, 6.45) is 4.91. The molecule has 0 saturated carbocycles. The van der Waals surface area contributed by atoms with Crippen molar-refractivity contribution in [2.75, 3.05) is 19.6 Å². The molecule has 0 aromatic heterocycles. The first-order chi connectivity index (χ1) is 9.01. The van der Waals surface area contributed by atoms with Crippen LogP contribution in [0.25, 0.3) is 0 Å². The topological polar surface area (TPSA) is 61.4 Å². The second-order valence-corrected chi connectivity index (χ2v) is 7.04. The third-order valence-corrected chi connectivity index (χ3v) is 5.38. The van der Waals surface area contributed by atoms with Crippen LogP contribution in [0.1, 0.15) is 52.9 Å². The van der Waals surface area contributed by atoms with Gasteiger partial charge in [0.05, 0.1) is 0 Å². The van der Waals surface area contributed by atoms with E-state index in [2.05, 4.69) is 17.0 Å². The van der Waals surface area contributed by atoms with Crippen LogP contribution in [0.4, 0.5) is 0 Å². The lowest BCUT2D eigenvalue weighted by Crippen LogP contribution is -2.53. The molecule has 19 heavy (non-hydrogen) atoms. The van der Waals surface area contributed by atoms with Crippen LogP contribution in [-0.2, 0) is 10.2 Å². The highest BCUT2D eigenvalue weighted by atomic mass is 32.2. The van der Waals surface area contributed by atoms with Gasteiger partial charge in [-0.1, -0.05) is 26.7 Å². The molecule has 114 valence electrons. The zero-order valence-electron chi connectivity index (χ0n) is 12.5. The van der Waals surface area contributed by atoms with Crippen LogP contribution >= 0.6 is 0 Å². The zero-order chi connectivity index (χ0) is 14.3. The molecule has 5 nitrogen and oxygen atoms in total. The van der Waals surface area contributed by atoms with E-state index in [-0.39, 0.29) is 12.1 Å². The van der Waals surface area contributed by atoms with Gasteiger partial charge in [-0.05, 0) is 32.7 Å². The lowest BCUT2D eigenvalue weighted by molar-refractivity contribution is 0.242. The van der Waals surface area contributed by atoms with Gasteiger partial charge >= 0.3 is 0 Å². The maximum absolute atomic E-state index is 12.4. The van der Waals surface area contributed by atoms with E-state index in [4.69, 9.17) is 0 Å². The molecule has 1 aliphatic rings. The van der Waals surface area contributed by atoms with Gasteiger partial charge in [-0.15, -0.1) is 0 Å². The first-order valence-electron chi connectivity index (χ1n) is 7.51. The van der Waals surface area contributed by atoms with Crippen molar-refractivity contribution in [1.29, 1.82) is 0 Å². The molecule has 2 N–H and O–H groups in total. The Morgan fingerprint density at radius 1 is 1.32 bits per heavy atom. The maximum atomic E-state index is 12.4. The van der Waals surface area contributed by atoms with Crippen LogP contribution in [0.5, 0.6) is 0 Å². The minimum absolute atomic E-state index is 0.0108. The van der Waals surface area contributed by atoms with E-state index in [1.807, 2.05) is 13.8 Å². The summed E-state index contributed by atoms with van der Waals surface area (Å²) in [7, 11) is -3.34. The van der Waals surface area contributed by atoms with Gasteiger partial charge in [0.25, 0.3) is 10.2 Å². The van der Waals surface area contributed by atoms with Gasteiger partial charge in [-0.2, -0.15) is 17.4 Å². The molecule has 1 rings (SSSR count). The summed E-state index contributed by atoms with van der Waals surface area (Å²) in [5, 5.41) is 3.26. The Hall–Kier alpha value is -0.170. The van der Waals surface area contributed by atoms with Crippen molar-refractivity contribution in [2.24, 2.45) is 0 Å². The lowest BCUT2D eigenvalue weighted by atomic mass is 10.1. The van der Waals surface area contributed by atoms with E-state index in [0.29, 0.717) is 6.54 Å². The number of hydrogen-bond acceptors (Lipinski definition) is 3. The molecule has 6 heteroatoms. The summed E-state index contributed by atoms with van der Waals surface area (Å²) in [6, 6.07) is 0.108. The van der Waals surface area contributed by atoms with Crippen molar-refractivity contribution in [1.82, 2.24) is 14.3 Å². The smallest absolute Gasteiger partial charge is 0.279 e. The van der Waals surface area contributed by atoms with Crippen molar-refractivity contribution >= 4 is 10.2 Å². The molecule has 0 amide bonds. The van der Waals surface area contributed by atoms with Gasteiger partial charge in [0, 0.05) is 25.2 Å². The third-order valence-electron chi connectivity index (χ3n) is 3.58. The SMILES string of the molecule is CCCC(C)NS(=O)(=O)N1CCCCC1CNCC. The fourth-order valence-electron chi connectivity index (χ4n) is 2.62. The normalized spacial score (nSPS) is 23.4. The summed E-state index contributed by atoms with van der Waals surface area (Å²) in [5.74, 6) is 0. The molecule has 1 aliphatic heterocycles. The van der Waals surface area contributed by atoms with Gasteiger partial charge < -0.3 is 5.32 Å². The maximum Gasteiger partial charge on any atom is 0.279 e. The summed E-state index contributed by atoms with van der Waals surface area (Å²) in [5.41, 5.74) is 0. The largest absolute Gasteiger partial charge is 0.315 e. The van der Waals surface area contributed by atoms with E-state index in [1.165, 1.54) is 0 Å². The van der Waals surface area contributed by atoms with Crippen molar-refractivity contribution in [2.45, 2.75) is 65.0 Å². The van der Waals surface area contributed by atoms with Crippen LogP contribution in [0.15, 0.2) is 0 Å². The van der Waals surface area contributed by atoms with E-state index in [1.54, 1.807) is 4.31 Å². The fourth-order valence-corrected chi connectivity index (χ4v) is 4.32. The van der Waals surface area contributed by atoms with Crippen LogP contribution in [0.3, 0.4) is 0 Å². The highest BCUT2D eigenvalue weighted by Gasteiger charge is 2.32. The van der Waals surface area contributed by atoms with E-state index in [0.717, 1.165) is 45.2 Å². The van der Waals surface area contributed by atoms with Crippen LogP contribution in [-0.4, -0.2) is 44.4 Å². The summed E-state index contributed by atoms with van der Waals surface area (Å²) in [6.45, 7) is 8.32. The van der Waals surface area contributed by atoms with Crippen molar-refractivity contribution in [3.05, 3.63) is 0 Å². The first kappa shape index (κ1) is 16.9. The molecular formula is C13H29N3O2S. The van der Waals surface area contributed by atoms with Crippen molar-refractivity contribution < 1.29 is 8.42 Å². The molecule has 0 radical (unpaired) electrons. The third kappa shape index (κ3) is 5.38. The average molecular weight is 291 g/mol. The van der Waals surface area contributed by atoms with Gasteiger partial charge in [0.2, 0.25) is 0 Å². The van der Waals surface area contributed by atoms with Crippen LogP contribution < -0.4 is 10.0 Å². The van der Waals surface area contributed by atoms with E-state index >= 15 is 0 Å². The summed E-state index contributed by atoms with van der Waals surface area (Å²) < 4.78 is 29.3. The highest BCUT2D eigenvalue weighted by molar-refractivity contribution is 7.87. The molecule has 2 atom stereocenters. The number of likely N-dealkylation sites (N-methyl/N-ethyl adjacent to an activating group) is 1. The quantitative estimate of drug-likeness (QED) is 0.712. The Labute approximate surface area is 118 Å². The molecule has 0 bridgehead atoms. The zero-order valence-corrected chi connectivity index (χ0v) is 13.3. The van der Waals surface area contributed by atoms with Gasteiger partial charge in [-0.25, -0.2) is 0 Å². The Morgan fingerprint density at radius 2 is 2.05 bits per heavy atom. The highest BCUT2D eigenvalue weighted by Crippen LogP contribution is 2.19. The number of nitrogens with one attached hydrogen (secondary N) is 2. The average Bonchev–Trinajstić information content (AvgIpc) is 2.36. The van der Waals surface area contributed by atoms with Gasteiger partial charge in [0.1, 0.15) is 0 Å². The first-order valence-corrected chi connectivity index (χ1v) is 8.95. The Bertz CT molecular complexity index is 346. The minimum atomic E-state index is -3.34. The minimum Gasteiger partial charge on any atom is -0.315 e. The molecule has 0 aromatic rings. The number of hydrogen-bond donors (Lipinski definition) is 2. The van der Waals surface area contributed by atoms with Crippen molar-refractivity contribution in [3.63, 3.8) is 0 Å². The standard InChI is InChI=1S/C13H29N3O2S/c1-4-8-12(3)15-19(17,18)16-10-7-6-9-13(16)11-14-5-2/h12-15H,4-11H2,1-3H3. The fraction of sp³-hybridized carbons (Fsp3) is 1.00. The molecule has 1 saturated heterocycles. The molecular weight excluding hydrogens is 262 g/mol. The lowest BCUT2D eigenvalue weighted by Gasteiger charge is -2.35. The number of piperidine rings is 1. The second kappa shape index (κ2) is 8.19. The van der Waals surface area contributed by atoms with Gasteiger partial charge in [-0.3, -0.25) is 0 Å². The molecule has 0 aromatic carbocycles. The molecule has 1 heterocycles. The summed E-state index contributed by atoms with van der Waals surface area (Å²) >= 11 is 0. The summed E-state index contributed by atoms with van der Waals surface area (Å²) in [4.78, 5) is 0. The Morgan fingerprint density at radius 3 is 2.68 bits per heavy atom. The number of nitrogens with zero attached hydrogens (tertiary/aromatic N) is 1. The Kier molecular flexibility index (Phi) is 7.28. The van der Waals surface area contributed by atoms with Crippen LogP contribution in [0, 0.1) is 0 Å². The van der Waals surface area contributed by atoms with E-state index < -0.39 is 10.2 Å². The Balaban J connectivity index is 2.66. The van der Waals surface area contributed by atoms with Crippen LogP contribution in [0.2, 0.25) is 0 Å². The number of rotatable bonds is 8. The molecule has 1 fully saturated rings. The van der Waals surface area contributed by atoms with Crippen molar-refractivity contribution in [3.8, 4) is 0 Å². The van der Waals surface area contributed by atoms with E-state index in [9.17, 15) is 8.42 Å². The second-order valence-electron chi connectivity index (χ2n) is 5.38. The molecule has 2 unspecified atom stereocenters. The molecule has 0 aliphatic carbocycles. The predicted octanol–water partition coefficient (Wildman–Crippen LogP) is 1.47. The van der Waals surface area contributed by atoms with Gasteiger partial charge in [0.15, 0.2) is 0 Å². The molecule has 0 spiro atoms.